The van der Waals surface area contributed by atoms with Crippen molar-refractivity contribution in [2.45, 2.75) is 115 Å². The van der Waals surface area contributed by atoms with E-state index < -0.39 is 0 Å². The predicted octanol–water partition coefficient (Wildman–Crippen LogP) is 11.8. The van der Waals surface area contributed by atoms with E-state index in [0.29, 0.717) is 35.9 Å². The molecule has 435 valence electrons. The largest absolute Gasteiger partial charge is 0.497 e. The molecular formula is C63H67IN9O9Rh-. The molecule has 0 bridgehead atoms. The van der Waals surface area contributed by atoms with Gasteiger partial charge in [-0.3, -0.25) is 4.98 Å². The molecule has 20 heteroatoms. The van der Waals surface area contributed by atoms with Gasteiger partial charge in [-0.15, -0.1) is 5.39 Å². The summed E-state index contributed by atoms with van der Waals surface area (Å²) in [4.78, 5) is 26.5. The number of aryl methyl sites for hydroxylation is 3. The third kappa shape index (κ3) is 11.7. The molecule has 3 aliphatic heterocycles. The van der Waals surface area contributed by atoms with E-state index in [9.17, 15) is 0 Å². The van der Waals surface area contributed by atoms with E-state index in [0.717, 1.165) is 142 Å². The Morgan fingerprint density at radius 3 is 1.39 bits per heavy atom. The van der Waals surface area contributed by atoms with Crippen LogP contribution in [-0.4, -0.2) is 103 Å². The molecule has 15 rings (SSSR count). The third-order valence-electron chi connectivity index (χ3n) is 17.5. The van der Waals surface area contributed by atoms with Crippen LogP contribution in [0.5, 0.6) is 17.2 Å². The molecule has 83 heavy (non-hydrogen) atoms. The van der Waals surface area contributed by atoms with E-state index >= 15 is 0 Å². The van der Waals surface area contributed by atoms with Gasteiger partial charge in [0.2, 0.25) is 0 Å². The van der Waals surface area contributed by atoms with Crippen molar-refractivity contribution in [1.82, 2.24) is 43.6 Å². The molecule has 6 fully saturated rings. The van der Waals surface area contributed by atoms with Gasteiger partial charge in [-0.1, -0.05) is 55.2 Å². The number of rotatable bonds is 9. The topological polar surface area (TPSA) is 175 Å². The summed E-state index contributed by atoms with van der Waals surface area (Å²) in [5.74, 6) is 3.75. The number of nitrogens with zero attached hydrogens (tertiary/aromatic N) is 9. The first-order chi connectivity index (χ1) is 40.1. The average molecular weight is 1320 g/mol. The Kier molecular flexibility index (Phi) is 17.3. The van der Waals surface area contributed by atoms with Crippen LogP contribution in [0.3, 0.4) is 0 Å². The Bertz CT molecular complexity index is 3520. The minimum Gasteiger partial charge on any atom is -0.497 e. The first kappa shape index (κ1) is 57.5. The van der Waals surface area contributed by atoms with E-state index in [1.807, 2.05) is 99.8 Å². The quantitative estimate of drug-likeness (QED) is 0.0757. The van der Waals surface area contributed by atoms with Crippen molar-refractivity contribution in [1.29, 1.82) is 0 Å². The molecule has 3 unspecified atom stereocenters. The van der Waals surface area contributed by atoms with Crippen molar-refractivity contribution in [2.75, 3.05) is 41.2 Å². The van der Waals surface area contributed by atoms with Crippen molar-refractivity contribution in [2.24, 2.45) is 17.8 Å². The minimum atomic E-state index is -0.312. The number of methoxy groups -OCH3 is 3. The third-order valence-corrected chi connectivity index (χ3v) is 18.3. The second kappa shape index (κ2) is 24.9. The molecule has 0 N–H and O–H groups in total. The van der Waals surface area contributed by atoms with Crippen LogP contribution < -0.4 is 14.2 Å². The Labute approximate surface area is 508 Å². The predicted molar refractivity (Wildman–Crippen MR) is 313 cm³/mol. The molecule has 9 aromatic rings. The summed E-state index contributed by atoms with van der Waals surface area (Å²) in [5.41, 5.74) is 9.11. The number of halogens is 1. The first-order valence-electron chi connectivity index (χ1n) is 28.3. The van der Waals surface area contributed by atoms with Gasteiger partial charge in [0.1, 0.15) is 41.2 Å². The summed E-state index contributed by atoms with van der Waals surface area (Å²) in [6.07, 6.45) is 17.0. The van der Waals surface area contributed by atoms with Gasteiger partial charge in [0.05, 0.1) is 82.6 Å². The molecule has 3 aromatic carbocycles. The van der Waals surface area contributed by atoms with E-state index in [4.69, 9.17) is 42.6 Å². The van der Waals surface area contributed by atoms with Crippen LogP contribution in [0.1, 0.15) is 109 Å². The number of fused-ring (bicyclic) bond motifs is 6. The van der Waals surface area contributed by atoms with Gasteiger partial charge in [0.25, 0.3) is 0 Å². The summed E-state index contributed by atoms with van der Waals surface area (Å²) in [6, 6.07) is 30.2. The number of benzene rings is 3. The maximum atomic E-state index is 6.35. The van der Waals surface area contributed by atoms with Crippen LogP contribution >= 0.6 is 22.6 Å². The molecule has 12 atom stereocenters. The average Bonchev–Trinajstić information content (AvgIpc) is 3.76. The Balaban J connectivity index is 0.000000122. The Morgan fingerprint density at radius 2 is 0.904 bits per heavy atom. The fourth-order valence-corrected chi connectivity index (χ4v) is 14.0. The van der Waals surface area contributed by atoms with Crippen molar-refractivity contribution in [3.8, 4) is 17.2 Å². The molecule has 3 saturated carbocycles. The Hall–Kier alpha value is -5.97. The molecule has 3 saturated heterocycles. The van der Waals surface area contributed by atoms with Gasteiger partial charge >= 0.3 is 0 Å². The number of hydrogen-bond donors (Lipinski definition) is 0. The van der Waals surface area contributed by atoms with Crippen molar-refractivity contribution >= 4 is 55.7 Å². The smallest absolute Gasteiger partial charge is 0.184 e. The van der Waals surface area contributed by atoms with E-state index in [2.05, 4.69) is 90.7 Å². The summed E-state index contributed by atoms with van der Waals surface area (Å²) in [6.45, 7) is 8.23. The van der Waals surface area contributed by atoms with Crippen molar-refractivity contribution < 1.29 is 62.1 Å². The zero-order chi connectivity index (χ0) is 56.0. The number of ether oxygens (including phenoxy) is 9. The minimum absolute atomic E-state index is 0. The van der Waals surface area contributed by atoms with Crippen LogP contribution in [0.25, 0.3) is 33.1 Å². The molecule has 9 heterocycles. The van der Waals surface area contributed by atoms with Gasteiger partial charge in [-0.25, -0.2) is 19.9 Å². The van der Waals surface area contributed by atoms with Gasteiger partial charge < -0.3 is 61.3 Å². The maximum Gasteiger partial charge on any atom is 0.184 e. The van der Waals surface area contributed by atoms with Crippen LogP contribution in [-0.2, 0) is 47.9 Å². The van der Waals surface area contributed by atoms with E-state index in [-0.39, 0.29) is 56.7 Å². The zero-order valence-corrected chi connectivity index (χ0v) is 51.0. The molecule has 6 aromatic heterocycles. The molecule has 0 spiro atoms. The summed E-state index contributed by atoms with van der Waals surface area (Å²) in [7, 11) is 5.01. The standard InChI is InChI=1S/C21H22IN3O3.C21H23N3O3.C21H22N3O3.Rh/c1-12-19-17(22)9-25(20(19)24-11-23-12)15-7-14-10-27-21(28-18(14)8-15)13-3-5-16(26-2)6-4-13;2*1-13-18-7-8-24(20(18)23-12-22-13)16-9-15-11-26-21(27-19(15)10-16)14-3-5-17(25-2)6-4-14;/h3-6,9,11,14-15,18,21H,7-8,10H2,1-2H3;3-8,12,15-16,19,21H,9-11H2,1-2H3;3-6,8,12,15-16,19,21H,9-11H2,1-2H3;/q;;-1;/t14-,15+,18-,21?;2*15-,16+,19-,21?;/m000./s1. The monoisotopic (exact) mass is 1320 g/mol. The van der Waals surface area contributed by atoms with Gasteiger partial charge in [-0.2, -0.15) is 6.07 Å². The first-order valence-corrected chi connectivity index (χ1v) is 29.4. The fourth-order valence-electron chi connectivity index (χ4n) is 13.1. The summed E-state index contributed by atoms with van der Waals surface area (Å²) >= 11 is 2.38. The second-order valence-corrected chi connectivity index (χ2v) is 23.5. The van der Waals surface area contributed by atoms with Crippen LogP contribution in [0, 0.1) is 48.2 Å². The second-order valence-electron chi connectivity index (χ2n) is 22.3. The number of hydrogen-bond acceptors (Lipinski definition) is 15. The molecule has 3 aliphatic carbocycles. The molecule has 6 aliphatic rings. The number of aromatic nitrogens is 9. The molecule has 18 nitrogen and oxygen atoms in total. The van der Waals surface area contributed by atoms with Gasteiger partial charge in [0.15, 0.2) is 18.9 Å². The van der Waals surface area contributed by atoms with E-state index in [1.165, 1.54) is 3.57 Å². The molecular weight excluding hydrogens is 1260 g/mol. The fraction of sp³-hybridized carbons (Fsp3) is 0.429. The van der Waals surface area contributed by atoms with Gasteiger partial charge in [-0.05, 0) is 117 Å². The SMILES string of the molecule is COc1ccc(C2OC[C@@H]3C[C@@H](n4c[c-]c5c(C)ncnc54)C[C@@H]3O2)cc1.COc1ccc(C2OC[C@@H]3C[C@@H](n4cc(I)c5c(C)ncnc54)C[C@@H]3O2)cc1.COc1ccc(C2OC[C@@H]3C[C@@H](n4ccc5c(C)ncnc54)C[C@@H]3O2)cc1.[Rh]. The van der Waals surface area contributed by atoms with Crippen molar-refractivity contribution in [3.05, 3.63) is 160 Å². The maximum absolute atomic E-state index is 6.35. The van der Waals surface area contributed by atoms with Crippen LogP contribution in [0.15, 0.2) is 116 Å². The van der Waals surface area contributed by atoms with Gasteiger partial charge in [0, 0.05) is 99.0 Å². The van der Waals surface area contributed by atoms with Crippen LogP contribution in [0.2, 0.25) is 0 Å². The molecule has 1 radical (unpaired) electrons. The van der Waals surface area contributed by atoms with E-state index in [1.54, 1.807) is 40.3 Å². The summed E-state index contributed by atoms with van der Waals surface area (Å²) in [5, 5.41) is 3.28. The van der Waals surface area contributed by atoms with Crippen LogP contribution in [0.4, 0.5) is 0 Å². The Morgan fingerprint density at radius 1 is 0.482 bits per heavy atom. The summed E-state index contributed by atoms with van der Waals surface area (Å²) < 4.78 is 60.8. The zero-order valence-electron chi connectivity index (χ0n) is 47.2. The van der Waals surface area contributed by atoms with Crippen molar-refractivity contribution in [3.63, 3.8) is 0 Å². The normalized spacial score (nSPS) is 27.1. The molecule has 0 amide bonds.